The summed E-state index contributed by atoms with van der Waals surface area (Å²) in [6.45, 7) is 19.2. The van der Waals surface area contributed by atoms with Gasteiger partial charge in [-0.2, -0.15) is 0 Å². The molecule has 1 aliphatic carbocycles. The highest BCUT2D eigenvalue weighted by Gasteiger charge is 2.25. The molecule has 3 aromatic rings. The molecule has 222 valence electrons. The molecule has 0 N–H and O–H groups in total. The molecule has 2 aromatic carbocycles. The fraction of sp³-hybridized carbons (Fsp3) is 0.317. The zero-order chi connectivity index (χ0) is 30.8. The van der Waals surface area contributed by atoms with Gasteiger partial charge in [0, 0.05) is 16.9 Å². The van der Waals surface area contributed by atoms with E-state index >= 15 is 0 Å². The van der Waals surface area contributed by atoms with Crippen molar-refractivity contribution in [2.75, 3.05) is 0 Å². The van der Waals surface area contributed by atoms with Gasteiger partial charge in [-0.25, -0.2) is 9.97 Å². The Bertz CT molecular complexity index is 1560. The third kappa shape index (κ3) is 7.87. The van der Waals surface area contributed by atoms with Crippen LogP contribution in [0.25, 0.3) is 28.1 Å². The highest BCUT2D eigenvalue weighted by molar-refractivity contribution is 5.73. The molecule has 1 atom stereocenters. The normalized spacial score (nSPS) is 14.9. The Morgan fingerprint density at radius 1 is 0.977 bits per heavy atom. The topological polar surface area (TPSA) is 25.8 Å². The molecule has 1 unspecified atom stereocenters. The largest absolute Gasteiger partial charge is 0.232 e. The smallest absolute Gasteiger partial charge is 0.160 e. The molecule has 0 saturated heterocycles. The van der Waals surface area contributed by atoms with Crippen molar-refractivity contribution < 1.29 is 0 Å². The van der Waals surface area contributed by atoms with Gasteiger partial charge < -0.3 is 0 Å². The zero-order valence-electron chi connectivity index (χ0n) is 26.9. The molecule has 2 heteroatoms. The molecule has 1 heterocycles. The maximum absolute atomic E-state index is 5.14. The van der Waals surface area contributed by atoms with Crippen LogP contribution in [-0.2, 0) is 11.8 Å². The summed E-state index contributed by atoms with van der Waals surface area (Å²) < 4.78 is 0. The maximum Gasteiger partial charge on any atom is 0.160 e. The lowest BCUT2D eigenvalue weighted by molar-refractivity contribution is 0.635. The predicted molar refractivity (Wildman–Crippen MR) is 187 cm³/mol. The molecule has 0 fully saturated rings. The van der Waals surface area contributed by atoms with E-state index < -0.39 is 0 Å². The third-order valence-corrected chi connectivity index (χ3v) is 8.57. The minimum absolute atomic E-state index is 0.185. The quantitative estimate of drug-likeness (QED) is 0.160. The van der Waals surface area contributed by atoms with Gasteiger partial charge in [-0.15, -0.1) is 0 Å². The first-order valence-corrected chi connectivity index (χ1v) is 15.9. The van der Waals surface area contributed by atoms with Crippen LogP contribution in [0.3, 0.4) is 0 Å². The van der Waals surface area contributed by atoms with Crippen molar-refractivity contribution in [3.63, 3.8) is 0 Å². The molecule has 0 bridgehead atoms. The molecular weight excluding hydrogens is 520 g/mol. The summed E-state index contributed by atoms with van der Waals surface area (Å²) in [7, 11) is 0. The van der Waals surface area contributed by atoms with E-state index in [0.717, 1.165) is 59.6 Å². The number of rotatable bonds is 12. The first kappa shape index (κ1) is 31.9. The Morgan fingerprint density at radius 2 is 1.77 bits per heavy atom. The fourth-order valence-electron chi connectivity index (χ4n) is 5.67. The van der Waals surface area contributed by atoms with E-state index in [1.54, 1.807) is 0 Å². The van der Waals surface area contributed by atoms with E-state index in [2.05, 4.69) is 139 Å². The van der Waals surface area contributed by atoms with Crippen LogP contribution in [-0.4, -0.2) is 9.97 Å². The molecule has 2 nitrogen and oxygen atoms in total. The van der Waals surface area contributed by atoms with Crippen molar-refractivity contribution in [3.05, 3.63) is 138 Å². The van der Waals surface area contributed by atoms with Crippen molar-refractivity contribution in [2.24, 2.45) is 0 Å². The maximum atomic E-state index is 5.14. The molecule has 1 aromatic heterocycles. The molecule has 0 aliphatic heterocycles. The highest BCUT2D eigenvalue weighted by atomic mass is 14.9. The van der Waals surface area contributed by atoms with E-state index in [9.17, 15) is 0 Å². The molecule has 43 heavy (non-hydrogen) atoms. The van der Waals surface area contributed by atoms with Crippen molar-refractivity contribution in [1.29, 1.82) is 0 Å². The minimum atomic E-state index is -0.199. The van der Waals surface area contributed by atoms with E-state index in [1.165, 1.54) is 35.1 Å². The van der Waals surface area contributed by atoms with Gasteiger partial charge in [0.2, 0.25) is 0 Å². The number of allylic oxidation sites excluding steroid dienone is 10. The summed E-state index contributed by atoms with van der Waals surface area (Å²) in [6, 6.07) is 17.7. The Kier molecular flexibility index (Phi) is 11.1. The second-order valence-electron chi connectivity index (χ2n) is 12.1. The lowest BCUT2D eigenvalue weighted by Crippen LogP contribution is -2.20. The van der Waals surface area contributed by atoms with Crippen LogP contribution < -0.4 is 0 Å². The van der Waals surface area contributed by atoms with Crippen LogP contribution in [0.4, 0.5) is 0 Å². The van der Waals surface area contributed by atoms with Crippen LogP contribution in [0.2, 0.25) is 0 Å². The first-order chi connectivity index (χ1) is 20.8. The van der Waals surface area contributed by atoms with E-state index in [0.29, 0.717) is 0 Å². The Hall–Kier alpha value is -4.04. The van der Waals surface area contributed by atoms with Crippen molar-refractivity contribution in [2.45, 2.75) is 84.5 Å². The summed E-state index contributed by atoms with van der Waals surface area (Å²) >= 11 is 0. The van der Waals surface area contributed by atoms with E-state index in [1.807, 2.05) is 6.08 Å². The molecule has 1 aliphatic rings. The zero-order valence-corrected chi connectivity index (χ0v) is 26.9. The molecular formula is C41H48N2. The third-order valence-electron chi connectivity index (χ3n) is 8.57. The van der Waals surface area contributed by atoms with Crippen molar-refractivity contribution in [1.82, 2.24) is 9.97 Å². The lowest BCUT2D eigenvalue weighted by Gasteiger charge is -2.29. The number of hydrogen-bond acceptors (Lipinski definition) is 2. The SMILES string of the molecule is C=CC(=C)C(C)(C)c1ccc(-c2cccc(-c3nc(C4=CCCCC4)cc(C(C)/C=C\C=C/CC)n3)c2)cc1C/C=C\C. The van der Waals surface area contributed by atoms with Gasteiger partial charge in [0.15, 0.2) is 5.82 Å². The van der Waals surface area contributed by atoms with Gasteiger partial charge in [0.1, 0.15) is 0 Å². The van der Waals surface area contributed by atoms with Crippen LogP contribution >= 0.6 is 0 Å². The van der Waals surface area contributed by atoms with E-state index in [-0.39, 0.29) is 11.3 Å². The van der Waals surface area contributed by atoms with Crippen LogP contribution in [0.1, 0.15) is 95.2 Å². The number of hydrogen-bond donors (Lipinski definition) is 0. The number of benzene rings is 2. The second kappa shape index (κ2) is 14.9. The highest BCUT2D eigenvalue weighted by Crippen LogP contribution is 2.37. The lowest BCUT2D eigenvalue weighted by atomic mass is 9.75. The Morgan fingerprint density at radius 3 is 2.49 bits per heavy atom. The second-order valence-corrected chi connectivity index (χ2v) is 12.1. The number of aromatic nitrogens is 2. The van der Waals surface area contributed by atoms with Crippen molar-refractivity contribution >= 4 is 5.57 Å². The monoisotopic (exact) mass is 568 g/mol. The average Bonchev–Trinajstić information content (AvgIpc) is 3.05. The van der Waals surface area contributed by atoms with Crippen LogP contribution in [0, 0.1) is 0 Å². The van der Waals surface area contributed by atoms with Gasteiger partial charge in [0.05, 0.1) is 11.4 Å². The predicted octanol–water partition coefficient (Wildman–Crippen LogP) is 11.5. The summed E-state index contributed by atoms with van der Waals surface area (Å²) in [5.41, 5.74) is 10.3. The molecule has 4 rings (SSSR count). The molecule has 0 spiro atoms. The van der Waals surface area contributed by atoms with Crippen LogP contribution in [0.5, 0.6) is 0 Å². The van der Waals surface area contributed by atoms with Gasteiger partial charge in [-0.05, 0) is 91.0 Å². The molecule has 0 radical (unpaired) electrons. The van der Waals surface area contributed by atoms with Gasteiger partial charge in [-0.3, -0.25) is 0 Å². The average molecular weight is 569 g/mol. The van der Waals surface area contributed by atoms with Gasteiger partial charge in [0.25, 0.3) is 0 Å². The minimum Gasteiger partial charge on any atom is -0.232 e. The fourth-order valence-corrected chi connectivity index (χ4v) is 5.67. The first-order valence-electron chi connectivity index (χ1n) is 15.9. The summed E-state index contributed by atoms with van der Waals surface area (Å²) in [5, 5.41) is 0. The molecule has 0 amide bonds. The summed E-state index contributed by atoms with van der Waals surface area (Å²) in [4.78, 5) is 10.3. The van der Waals surface area contributed by atoms with Gasteiger partial charge >= 0.3 is 0 Å². The standard InChI is InChI=1S/C41H48N2/c1-8-11-13-15-19-30(4)38-29-39(32-21-16-14-17-22-32)43-40(42-38)36-24-18-23-33(28-36)34-25-26-37(35(27-34)20-12-9-2)41(6,7)31(5)10-3/h9-13,15,18-19,21,23-30H,3,5,8,14,16-17,20,22H2,1-2,4,6-7H3/b12-9-,13-11-,19-15-. The molecule has 0 saturated carbocycles. The van der Waals surface area contributed by atoms with Gasteiger partial charge in [-0.1, -0.05) is 126 Å². The van der Waals surface area contributed by atoms with Crippen molar-refractivity contribution in [3.8, 4) is 22.5 Å². The number of nitrogens with zero attached hydrogens (tertiary/aromatic N) is 2. The van der Waals surface area contributed by atoms with E-state index in [4.69, 9.17) is 9.97 Å². The summed E-state index contributed by atoms with van der Waals surface area (Å²) in [5.74, 6) is 0.976. The summed E-state index contributed by atoms with van der Waals surface area (Å²) in [6.07, 6.45) is 23.8. The van der Waals surface area contributed by atoms with Crippen LogP contribution in [0.15, 0.2) is 116 Å². The Balaban J connectivity index is 1.78. The Labute approximate surface area is 260 Å².